The van der Waals surface area contributed by atoms with Crippen molar-refractivity contribution in [3.05, 3.63) is 22.7 Å². The van der Waals surface area contributed by atoms with Crippen molar-refractivity contribution in [3.8, 4) is 0 Å². The van der Waals surface area contributed by atoms with Crippen LogP contribution in [-0.2, 0) is 10.0 Å². The molecule has 0 radical (unpaired) electrons. The number of sulfonamides is 1. The Kier molecular flexibility index (Phi) is 3.99. The lowest BCUT2D eigenvalue weighted by atomic mass is 10.1. The molecule has 2 rings (SSSR count). The smallest absolute Gasteiger partial charge is 0.242 e. The van der Waals surface area contributed by atoms with Crippen molar-refractivity contribution in [2.45, 2.75) is 37.1 Å². The summed E-state index contributed by atoms with van der Waals surface area (Å²) >= 11 is 3.25. The maximum atomic E-state index is 12.3. The summed E-state index contributed by atoms with van der Waals surface area (Å²) in [6, 6.07) is 4.84. The van der Waals surface area contributed by atoms with Crippen molar-refractivity contribution in [3.63, 3.8) is 0 Å². The highest BCUT2D eigenvalue weighted by atomic mass is 79.9. The molecule has 0 heterocycles. The molecule has 0 aromatic heterocycles. The molecule has 3 N–H and O–H groups in total. The van der Waals surface area contributed by atoms with Gasteiger partial charge in [-0.2, -0.15) is 0 Å². The van der Waals surface area contributed by atoms with Gasteiger partial charge in [-0.15, -0.1) is 0 Å². The molecule has 1 aromatic rings. The minimum absolute atomic E-state index is 0.0401. The number of hydrogen-bond donors (Lipinski definition) is 2. The molecule has 1 aliphatic carbocycles. The second-order valence-corrected chi connectivity index (χ2v) is 7.46. The number of nitrogens with one attached hydrogen (secondary N) is 1. The van der Waals surface area contributed by atoms with Crippen molar-refractivity contribution >= 4 is 31.6 Å². The van der Waals surface area contributed by atoms with Crippen LogP contribution in [-0.4, -0.2) is 14.5 Å². The first kappa shape index (κ1) is 13.8. The Labute approximate surface area is 116 Å². The molecule has 1 fully saturated rings. The Hall–Kier alpha value is -0.590. The minimum atomic E-state index is -3.50. The third kappa shape index (κ3) is 3.05. The van der Waals surface area contributed by atoms with E-state index in [1.54, 1.807) is 12.1 Å². The Morgan fingerprint density at radius 3 is 2.72 bits per heavy atom. The lowest BCUT2D eigenvalue weighted by molar-refractivity contribution is 0.538. The molecule has 0 spiro atoms. The molecule has 2 atom stereocenters. The fourth-order valence-corrected chi connectivity index (χ4v) is 4.60. The second kappa shape index (κ2) is 5.19. The normalized spacial score (nSPS) is 24.3. The minimum Gasteiger partial charge on any atom is -0.399 e. The van der Waals surface area contributed by atoms with Gasteiger partial charge in [0.1, 0.15) is 0 Å². The van der Waals surface area contributed by atoms with Gasteiger partial charge in [-0.05, 0) is 59.3 Å². The summed E-state index contributed by atoms with van der Waals surface area (Å²) in [4.78, 5) is 0.210. The molecule has 1 aromatic carbocycles. The average molecular weight is 333 g/mol. The topological polar surface area (TPSA) is 72.2 Å². The Bertz CT molecular complexity index is 545. The number of nitrogens with two attached hydrogens (primary N) is 1. The summed E-state index contributed by atoms with van der Waals surface area (Å²) in [6.07, 6.45) is 2.88. The molecule has 1 aliphatic rings. The van der Waals surface area contributed by atoms with Crippen molar-refractivity contribution in [1.82, 2.24) is 4.72 Å². The van der Waals surface area contributed by atoms with Gasteiger partial charge in [-0.1, -0.05) is 6.92 Å². The van der Waals surface area contributed by atoms with Crippen molar-refractivity contribution in [1.29, 1.82) is 0 Å². The standard InChI is InChI=1S/C12H17BrN2O2S/c1-8-2-4-10(6-8)15-18(16,17)12-7-9(14)3-5-11(12)13/h3,5,7-8,10,15H,2,4,6,14H2,1H3. The van der Waals surface area contributed by atoms with Gasteiger partial charge in [0.2, 0.25) is 10.0 Å². The van der Waals surface area contributed by atoms with E-state index in [0.29, 0.717) is 16.1 Å². The molecule has 4 nitrogen and oxygen atoms in total. The van der Waals surface area contributed by atoms with Crippen LogP contribution in [0.2, 0.25) is 0 Å². The van der Waals surface area contributed by atoms with E-state index in [2.05, 4.69) is 27.6 Å². The number of hydrogen-bond acceptors (Lipinski definition) is 3. The quantitative estimate of drug-likeness (QED) is 0.835. The zero-order chi connectivity index (χ0) is 13.3. The van der Waals surface area contributed by atoms with Crippen molar-refractivity contribution in [2.24, 2.45) is 5.92 Å². The van der Waals surface area contributed by atoms with Crippen LogP contribution in [0.4, 0.5) is 5.69 Å². The largest absolute Gasteiger partial charge is 0.399 e. The third-order valence-electron chi connectivity index (χ3n) is 3.26. The molecule has 1 saturated carbocycles. The van der Waals surface area contributed by atoms with Crippen LogP contribution in [0, 0.1) is 5.92 Å². The first-order valence-electron chi connectivity index (χ1n) is 5.96. The van der Waals surface area contributed by atoms with Crippen LogP contribution >= 0.6 is 15.9 Å². The third-order valence-corrected chi connectivity index (χ3v) is 5.78. The molecule has 0 aliphatic heterocycles. The molecular formula is C12H17BrN2O2S. The molecule has 18 heavy (non-hydrogen) atoms. The highest BCUT2D eigenvalue weighted by Crippen LogP contribution is 2.28. The van der Waals surface area contributed by atoms with Crippen LogP contribution in [0.5, 0.6) is 0 Å². The zero-order valence-corrected chi connectivity index (χ0v) is 12.6. The predicted molar refractivity (Wildman–Crippen MR) is 75.7 cm³/mol. The van der Waals surface area contributed by atoms with Gasteiger partial charge >= 0.3 is 0 Å². The molecule has 6 heteroatoms. The monoisotopic (exact) mass is 332 g/mol. The van der Waals surface area contributed by atoms with Gasteiger partial charge in [0.25, 0.3) is 0 Å². The molecule has 0 saturated heterocycles. The average Bonchev–Trinajstić information content (AvgIpc) is 2.66. The highest BCUT2D eigenvalue weighted by molar-refractivity contribution is 9.10. The summed E-state index contributed by atoms with van der Waals surface area (Å²) in [5, 5.41) is 0. The lowest BCUT2D eigenvalue weighted by Gasteiger charge is -2.14. The van der Waals surface area contributed by atoms with E-state index in [0.717, 1.165) is 19.3 Å². The first-order chi connectivity index (χ1) is 8.38. The van der Waals surface area contributed by atoms with Crippen LogP contribution in [0.3, 0.4) is 0 Å². The highest BCUT2D eigenvalue weighted by Gasteiger charge is 2.27. The van der Waals surface area contributed by atoms with Crippen molar-refractivity contribution in [2.75, 3.05) is 5.73 Å². The predicted octanol–water partition coefficient (Wildman–Crippen LogP) is 2.50. The van der Waals surface area contributed by atoms with Crippen LogP contribution in [0.1, 0.15) is 26.2 Å². The first-order valence-corrected chi connectivity index (χ1v) is 8.23. The van der Waals surface area contributed by atoms with E-state index < -0.39 is 10.0 Å². The van der Waals surface area contributed by atoms with Crippen molar-refractivity contribution < 1.29 is 8.42 Å². The summed E-state index contributed by atoms with van der Waals surface area (Å²) in [6.45, 7) is 2.14. The van der Waals surface area contributed by atoms with Crippen LogP contribution in [0.15, 0.2) is 27.6 Å². The number of benzene rings is 1. The van der Waals surface area contributed by atoms with Gasteiger partial charge in [0.15, 0.2) is 0 Å². The Morgan fingerprint density at radius 1 is 1.39 bits per heavy atom. The van der Waals surface area contributed by atoms with E-state index in [-0.39, 0.29) is 10.9 Å². The maximum absolute atomic E-state index is 12.3. The molecule has 100 valence electrons. The van der Waals surface area contributed by atoms with E-state index in [4.69, 9.17) is 5.73 Å². The fourth-order valence-electron chi connectivity index (χ4n) is 2.32. The number of anilines is 1. The lowest BCUT2D eigenvalue weighted by Crippen LogP contribution is -2.33. The summed E-state index contributed by atoms with van der Waals surface area (Å²) in [7, 11) is -3.50. The van der Waals surface area contributed by atoms with E-state index >= 15 is 0 Å². The molecule has 2 unspecified atom stereocenters. The van der Waals surface area contributed by atoms with Gasteiger partial charge in [0.05, 0.1) is 4.90 Å². The van der Waals surface area contributed by atoms with Gasteiger partial charge < -0.3 is 5.73 Å². The Morgan fingerprint density at radius 2 is 2.11 bits per heavy atom. The molecule has 0 bridgehead atoms. The molecular weight excluding hydrogens is 316 g/mol. The molecule has 0 amide bonds. The summed E-state index contributed by atoms with van der Waals surface area (Å²) in [5.74, 6) is 0.585. The van der Waals surface area contributed by atoms with Crippen LogP contribution in [0.25, 0.3) is 0 Å². The van der Waals surface area contributed by atoms with Gasteiger partial charge in [-0.25, -0.2) is 13.1 Å². The number of rotatable bonds is 3. The zero-order valence-electron chi connectivity index (χ0n) is 10.2. The van der Waals surface area contributed by atoms with E-state index in [1.807, 2.05) is 0 Å². The number of halogens is 1. The SMILES string of the molecule is CC1CCC(NS(=O)(=O)c2cc(N)ccc2Br)C1. The maximum Gasteiger partial charge on any atom is 0.242 e. The summed E-state index contributed by atoms with van der Waals surface area (Å²) in [5.41, 5.74) is 6.08. The van der Waals surface area contributed by atoms with Gasteiger partial charge in [0, 0.05) is 16.2 Å². The summed E-state index contributed by atoms with van der Waals surface area (Å²) < 4.78 is 27.8. The number of nitrogen functional groups attached to an aromatic ring is 1. The van der Waals surface area contributed by atoms with Gasteiger partial charge in [-0.3, -0.25) is 0 Å². The second-order valence-electron chi connectivity index (χ2n) is 4.93. The fraction of sp³-hybridized carbons (Fsp3) is 0.500. The Balaban J connectivity index is 2.23. The van der Waals surface area contributed by atoms with E-state index in [1.165, 1.54) is 6.07 Å². The van der Waals surface area contributed by atoms with Crippen LogP contribution < -0.4 is 10.5 Å². The van der Waals surface area contributed by atoms with E-state index in [9.17, 15) is 8.42 Å².